The van der Waals surface area contributed by atoms with Crippen LogP contribution in [0.5, 0.6) is 0 Å². The Bertz CT molecular complexity index is 510. The van der Waals surface area contributed by atoms with Crippen molar-refractivity contribution in [2.75, 3.05) is 6.61 Å². The van der Waals surface area contributed by atoms with E-state index in [1.54, 1.807) is 0 Å². The van der Waals surface area contributed by atoms with E-state index in [2.05, 4.69) is 0 Å². The Labute approximate surface area is 147 Å². The molecule has 1 N–H and O–H groups in total. The topological polar surface area (TPSA) is 86.3 Å². The molecule has 2 saturated carbocycles. The van der Waals surface area contributed by atoms with Crippen LogP contribution >= 0.6 is 0 Å². The highest BCUT2D eigenvalue weighted by molar-refractivity contribution is 5.03. The Morgan fingerprint density at radius 2 is 1.36 bits per heavy atom. The van der Waals surface area contributed by atoms with Crippen LogP contribution in [0.25, 0.3) is 0 Å². The molecule has 0 amide bonds. The van der Waals surface area contributed by atoms with Crippen LogP contribution in [0, 0.1) is 0 Å². The quantitative estimate of drug-likeness (QED) is 0.724. The van der Waals surface area contributed by atoms with Gasteiger partial charge in [-0.1, -0.05) is 12.8 Å². The Hall–Kier alpha value is -0.280. The summed E-state index contributed by atoms with van der Waals surface area (Å²) in [6.45, 7) is 0.361. The lowest BCUT2D eigenvalue weighted by Gasteiger charge is -2.35. The van der Waals surface area contributed by atoms with Crippen molar-refractivity contribution in [2.45, 2.75) is 106 Å². The van der Waals surface area contributed by atoms with E-state index >= 15 is 0 Å². The number of fused-ring (bicyclic) bond motifs is 1. The Morgan fingerprint density at radius 3 is 2.04 bits per heavy atom. The second-order valence-electron chi connectivity index (χ2n) is 8.24. The van der Waals surface area contributed by atoms with Crippen molar-refractivity contribution < 1.29 is 33.9 Å². The predicted octanol–water partition coefficient (Wildman–Crippen LogP) is 1.98. The molecule has 141 valence electrons. The van der Waals surface area contributed by atoms with Gasteiger partial charge >= 0.3 is 5.97 Å². The first kappa shape index (κ1) is 16.9. The molecule has 0 aromatic heterocycles. The molecule has 5 atom stereocenters. The zero-order valence-electron chi connectivity index (χ0n) is 14.5. The van der Waals surface area contributed by atoms with Gasteiger partial charge in [0.1, 0.15) is 18.3 Å². The van der Waals surface area contributed by atoms with Gasteiger partial charge in [0.25, 0.3) is 0 Å². The largest absolute Gasteiger partial charge is 0.347 e. The second kappa shape index (κ2) is 5.86. The summed E-state index contributed by atoms with van der Waals surface area (Å²) >= 11 is 0. The van der Waals surface area contributed by atoms with Crippen LogP contribution in [0.3, 0.4) is 0 Å². The van der Waals surface area contributed by atoms with Crippen molar-refractivity contribution in [2.24, 2.45) is 0 Å². The first-order valence-corrected chi connectivity index (χ1v) is 9.79. The lowest BCUT2D eigenvalue weighted by Crippen LogP contribution is -2.44. The molecule has 5 fully saturated rings. The lowest BCUT2D eigenvalue weighted by atomic mass is 9.94. The molecule has 1 unspecified atom stereocenters. The number of hydrogen-bond donors (Lipinski definition) is 1. The molecule has 2 aliphatic carbocycles. The summed E-state index contributed by atoms with van der Waals surface area (Å²) in [7, 11) is 0. The van der Waals surface area contributed by atoms with Gasteiger partial charge in [0.15, 0.2) is 17.7 Å². The molecule has 7 nitrogen and oxygen atoms in total. The average molecular weight is 355 g/mol. The third-order valence-electron chi connectivity index (χ3n) is 6.45. The van der Waals surface area contributed by atoms with E-state index in [1.165, 1.54) is 6.42 Å². The SMILES string of the molecule is [O]C1(O)O[C@H]([C@H]2COC3(CCCCC3)O2)[C@@H]2OC3(CCCCC3)O[C@@H]21. The standard InChI is InChI=1S/C18H27O7/c19-18(20)15-14(23-17(25-15)9-5-2-6-10-17)13(24-18)12-11-21-16(22-12)7-3-1-4-8-16/h12-15,19H,1-11H2/t12-,13-,14+,15+,18?/m1/s1. The normalized spacial score (nSPS) is 44.4. The fraction of sp³-hybridized carbons (Fsp3) is 1.00. The summed E-state index contributed by atoms with van der Waals surface area (Å²) in [5.74, 6) is -3.88. The molecule has 0 aromatic carbocycles. The van der Waals surface area contributed by atoms with Gasteiger partial charge in [-0.15, -0.1) is 0 Å². The molecule has 0 bridgehead atoms. The molecule has 25 heavy (non-hydrogen) atoms. The van der Waals surface area contributed by atoms with Crippen molar-refractivity contribution in [3.05, 3.63) is 0 Å². The highest BCUT2D eigenvalue weighted by Crippen LogP contribution is 2.50. The highest BCUT2D eigenvalue weighted by Gasteiger charge is 2.68. The molecule has 0 aromatic rings. The van der Waals surface area contributed by atoms with Gasteiger partial charge in [-0.2, -0.15) is 5.11 Å². The van der Waals surface area contributed by atoms with E-state index in [1.807, 2.05) is 0 Å². The van der Waals surface area contributed by atoms with E-state index < -0.39 is 42.0 Å². The van der Waals surface area contributed by atoms with Gasteiger partial charge in [0, 0.05) is 25.7 Å². The molecular weight excluding hydrogens is 328 g/mol. The van der Waals surface area contributed by atoms with Crippen molar-refractivity contribution in [3.63, 3.8) is 0 Å². The van der Waals surface area contributed by atoms with E-state index in [-0.39, 0.29) is 0 Å². The Balaban J connectivity index is 1.34. The summed E-state index contributed by atoms with van der Waals surface area (Å²) in [4.78, 5) is 0. The summed E-state index contributed by atoms with van der Waals surface area (Å²) in [6, 6.07) is 0. The molecule has 3 saturated heterocycles. The third-order valence-corrected chi connectivity index (χ3v) is 6.45. The van der Waals surface area contributed by atoms with E-state index in [0.29, 0.717) is 6.61 Å². The molecule has 3 heterocycles. The van der Waals surface area contributed by atoms with Crippen LogP contribution in [0.4, 0.5) is 0 Å². The van der Waals surface area contributed by atoms with Crippen LogP contribution in [0.15, 0.2) is 0 Å². The minimum atomic E-state index is -2.60. The van der Waals surface area contributed by atoms with Crippen LogP contribution in [0.1, 0.15) is 64.2 Å². The predicted molar refractivity (Wildman–Crippen MR) is 82.7 cm³/mol. The minimum Gasteiger partial charge on any atom is -0.347 e. The summed E-state index contributed by atoms with van der Waals surface area (Å²) in [6.07, 6.45) is 7.10. The van der Waals surface area contributed by atoms with Crippen LogP contribution < -0.4 is 0 Å². The maximum Gasteiger partial charge on any atom is 0.340 e. The molecule has 1 radical (unpaired) electrons. The molecule has 7 heteroatoms. The number of ether oxygens (including phenoxy) is 5. The molecule has 3 aliphatic heterocycles. The van der Waals surface area contributed by atoms with E-state index in [9.17, 15) is 10.2 Å². The van der Waals surface area contributed by atoms with Gasteiger partial charge in [0.2, 0.25) is 0 Å². The van der Waals surface area contributed by atoms with Crippen LogP contribution in [-0.4, -0.2) is 53.7 Å². The zero-order chi connectivity index (χ0) is 17.1. The summed E-state index contributed by atoms with van der Waals surface area (Å²) in [5, 5.41) is 22.7. The zero-order valence-corrected chi connectivity index (χ0v) is 14.5. The van der Waals surface area contributed by atoms with Gasteiger partial charge in [0.05, 0.1) is 6.61 Å². The maximum absolute atomic E-state index is 12.5. The van der Waals surface area contributed by atoms with E-state index in [4.69, 9.17) is 23.7 Å². The average Bonchev–Trinajstić information content (AvgIpc) is 3.23. The smallest absolute Gasteiger partial charge is 0.340 e. The first-order valence-electron chi connectivity index (χ1n) is 9.79. The van der Waals surface area contributed by atoms with Crippen LogP contribution in [0.2, 0.25) is 0 Å². The van der Waals surface area contributed by atoms with Gasteiger partial charge in [-0.3, -0.25) is 0 Å². The monoisotopic (exact) mass is 355 g/mol. The van der Waals surface area contributed by atoms with Gasteiger partial charge in [-0.25, -0.2) is 0 Å². The lowest BCUT2D eigenvalue weighted by molar-refractivity contribution is -0.404. The highest BCUT2D eigenvalue weighted by atomic mass is 16.9. The van der Waals surface area contributed by atoms with Crippen molar-refractivity contribution in [3.8, 4) is 0 Å². The Morgan fingerprint density at radius 1 is 0.720 bits per heavy atom. The fourth-order valence-corrected chi connectivity index (χ4v) is 5.19. The van der Waals surface area contributed by atoms with Crippen molar-refractivity contribution in [1.29, 1.82) is 0 Å². The summed E-state index contributed by atoms with van der Waals surface area (Å²) < 4.78 is 29.8. The molecule has 2 spiro atoms. The van der Waals surface area contributed by atoms with Gasteiger partial charge in [-0.05, 0) is 25.7 Å². The molecule has 5 aliphatic rings. The van der Waals surface area contributed by atoms with Crippen LogP contribution in [-0.2, 0) is 28.8 Å². The number of rotatable bonds is 1. The molecule has 5 rings (SSSR count). The van der Waals surface area contributed by atoms with E-state index in [0.717, 1.165) is 57.8 Å². The number of hydrogen-bond acceptors (Lipinski definition) is 6. The van der Waals surface area contributed by atoms with Gasteiger partial charge < -0.3 is 28.8 Å². The Kier molecular flexibility index (Phi) is 3.95. The van der Waals surface area contributed by atoms with Crippen molar-refractivity contribution in [1.82, 2.24) is 0 Å². The minimum absolute atomic E-state index is 0.361. The summed E-state index contributed by atoms with van der Waals surface area (Å²) in [5.41, 5.74) is 0. The molecular formula is C18H27O7. The fourth-order valence-electron chi connectivity index (χ4n) is 5.19. The first-order chi connectivity index (χ1) is 12.0. The number of aliphatic hydroxyl groups is 1. The third kappa shape index (κ3) is 2.76. The van der Waals surface area contributed by atoms with Crippen molar-refractivity contribution >= 4 is 0 Å². The maximum atomic E-state index is 12.5. The second-order valence-corrected chi connectivity index (χ2v) is 8.24.